The highest BCUT2D eigenvalue weighted by molar-refractivity contribution is 7.92. The second-order valence-electron chi connectivity index (χ2n) is 4.62. The van der Waals surface area contributed by atoms with E-state index >= 15 is 0 Å². The molecule has 1 N–H and O–H groups in total. The van der Waals surface area contributed by atoms with Gasteiger partial charge in [-0.25, -0.2) is 8.42 Å². The zero-order valence-corrected chi connectivity index (χ0v) is 13.9. The standard InChI is InChI=1S/C15H10Cl2N2O3S/c16-11-6-7-12(17)14(8-11)23(20,21)19-15-9-13(22-18-15)10-4-2-1-3-5-10/h1-9H,(H,18,19). The average molecular weight is 369 g/mol. The maximum atomic E-state index is 12.4. The summed E-state index contributed by atoms with van der Waals surface area (Å²) in [5.41, 5.74) is 0.784. The first kappa shape index (κ1) is 15.9. The number of anilines is 1. The van der Waals surface area contributed by atoms with E-state index in [1.807, 2.05) is 30.3 Å². The number of sulfonamides is 1. The molecule has 0 atom stereocenters. The second-order valence-corrected chi connectivity index (χ2v) is 7.12. The first-order valence-electron chi connectivity index (χ1n) is 6.46. The fourth-order valence-electron chi connectivity index (χ4n) is 1.94. The van der Waals surface area contributed by atoms with Gasteiger partial charge < -0.3 is 4.52 Å². The van der Waals surface area contributed by atoms with E-state index in [1.54, 1.807) is 0 Å². The average Bonchev–Trinajstić information content (AvgIpc) is 2.98. The third-order valence-electron chi connectivity index (χ3n) is 2.99. The molecular weight excluding hydrogens is 359 g/mol. The summed E-state index contributed by atoms with van der Waals surface area (Å²) in [7, 11) is -3.92. The number of aromatic nitrogens is 1. The number of halogens is 2. The lowest BCUT2D eigenvalue weighted by molar-refractivity contribution is 0.435. The number of rotatable bonds is 4. The van der Waals surface area contributed by atoms with Crippen molar-refractivity contribution >= 4 is 39.0 Å². The predicted octanol–water partition coefficient (Wildman–Crippen LogP) is 4.45. The number of hydrogen-bond acceptors (Lipinski definition) is 4. The van der Waals surface area contributed by atoms with Crippen molar-refractivity contribution in [3.63, 3.8) is 0 Å². The van der Waals surface area contributed by atoms with E-state index in [2.05, 4.69) is 9.88 Å². The van der Waals surface area contributed by atoms with Gasteiger partial charge in [0, 0.05) is 16.7 Å². The first-order valence-corrected chi connectivity index (χ1v) is 8.70. The third-order valence-corrected chi connectivity index (χ3v) is 5.06. The van der Waals surface area contributed by atoms with E-state index < -0.39 is 10.0 Å². The highest BCUT2D eigenvalue weighted by Gasteiger charge is 2.20. The summed E-state index contributed by atoms with van der Waals surface area (Å²) in [5, 5.41) is 4.04. The Labute approximate surface area is 142 Å². The molecule has 0 aliphatic carbocycles. The minimum atomic E-state index is -3.92. The van der Waals surface area contributed by atoms with Gasteiger partial charge in [-0.15, -0.1) is 0 Å². The number of hydrogen-bond donors (Lipinski definition) is 1. The van der Waals surface area contributed by atoms with Crippen LogP contribution in [0.3, 0.4) is 0 Å². The summed E-state index contributed by atoms with van der Waals surface area (Å²) in [5.74, 6) is 0.500. The van der Waals surface area contributed by atoms with Crippen molar-refractivity contribution in [1.82, 2.24) is 5.16 Å². The fourth-order valence-corrected chi connectivity index (χ4v) is 3.68. The highest BCUT2D eigenvalue weighted by Crippen LogP contribution is 2.28. The van der Waals surface area contributed by atoms with Crippen LogP contribution in [0, 0.1) is 0 Å². The van der Waals surface area contributed by atoms with Gasteiger partial charge in [-0.05, 0) is 18.2 Å². The van der Waals surface area contributed by atoms with Crippen LogP contribution >= 0.6 is 23.2 Å². The molecule has 0 spiro atoms. The molecule has 3 aromatic rings. The lowest BCUT2D eigenvalue weighted by Gasteiger charge is -2.07. The van der Waals surface area contributed by atoms with E-state index in [-0.39, 0.29) is 20.8 Å². The van der Waals surface area contributed by atoms with Crippen LogP contribution in [0.5, 0.6) is 0 Å². The molecule has 0 radical (unpaired) electrons. The molecule has 2 aromatic carbocycles. The normalized spacial score (nSPS) is 11.4. The molecule has 5 nitrogen and oxygen atoms in total. The molecular formula is C15H10Cl2N2O3S. The van der Waals surface area contributed by atoms with Crippen LogP contribution < -0.4 is 4.72 Å². The van der Waals surface area contributed by atoms with Gasteiger partial charge in [-0.3, -0.25) is 4.72 Å². The monoisotopic (exact) mass is 368 g/mol. The predicted molar refractivity (Wildman–Crippen MR) is 89.2 cm³/mol. The summed E-state index contributed by atoms with van der Waals surface area (Å²) >= 11 is 11.8. The van der Waals surface area contributed by atoms with Crippen molar-refractivity contribution in [3.05, 3.63) is 64.6 Å². The molecule has 23 heavy (non-hydrogen) atoms. The summed E-state index contributed by atoms with van der Waals surface area (Å²) in [6.07, 6.45) is 0. The molecule has 8 heteroatoms. The van der Waals surface area contributed by atoms with E-state index in [1.165, 1.54) is 24.3 Å². The Hall–Kier alpha value is -2.02. The number of nitrogens with zero attached hydrogens (tertiary/aromatic N) is 1. The molecule has 1 heterocycles. The fraction of sp³-hybridized carbons (Fsp3) is 0. The lowest BCUT2D eigenvalue weighted by atomic mass is 10.2. The van der Waals surface area contributed by atoms with Crippen LogP contribution in [-0.2, 0) is 10.0 Å². The Morgan fingerprint density at radius 1 is 1.00 bits per heavy atom. The third kappa shape index (κ3) is 3.50. The van der Waals surface area contributed by atoms with Crippen molar-refractivity contribution < 1.29 is 12.9 Å². The number of nitrogens with one attached hydrogen (secondary N) is 1. The van der Waals surface area contributed by atoms with Crippen LogP contribution in [0.4, 0.5) is 5.82 Å². The minimum absolute atomic E-state index is 0.0555. The Bertz CT molecular complexity index is 940. The molecule has 1 aromatic heterocycles. The van der Waals surface area contributed by atoms with Gasteiger partial charge >= 0.3 is 0 Å². The van der Waals surface area contributed by atoms with Crippen LogP contribution in [0.1, 0.15) is 0 Å². The quantitative estimate of drug-likeness (QED) is 0.738. The van der Waals surface area contributed by atoms with Crippen molar-refractivity contribution in [2.45, 2.75) is 4.90 Å². The van der Waals surface area contributed by atoms with Gasteiger partial charge in [-0.2, -0.15) is 0 Å². The van der Waals surface area contributed by atoms with Crippen molar-refractivity contribution in [1.29, 1.82) is 0 Å². The highest BCUT2D eigenvalue weighted by atomic mass is 35.5. The van der Waals surface area contributed by atoms with E-state index in [4.69, 9.17) is 27.7 Å². The summed E-state index contributed by atoms with van der Waals surface area (Å²) < 4.78 is 32.2. The van der Waals surface area contributed by atoms with Gasteiger partial charge in [-0.1, -0.05) is 58.7 Å². The van der Waals surface area contributed by atoms with Gasteiger partial charge in [0.2, 0.25) is 0 Å². The molecule has 3 rings (SSSR count). The molecule has 0 fully saturated rings. The lowest BCUT2D eigenvalue weighted by Crippen LogP contribution is -2.13. The number of benzene rings is 2. The zero-order valence-electron chi connectivity index (χ0n) is 11.5. The van der Waals surface area contributed by atoms with Crippen LogP contribution in [0.2, 0.25) is 10.0 Å². The van der Waals surface area contributed by atoms with Crippen molar-refractivity contribution in [2.24, 2.45) is 0 Å². The first-order chi connectivity index (χ1) is 11.0. The summed E-state index contributed by atoms with van der Waals surface area (Å²) in [6.45, 7) is 0. The molecule has 0 aliphatic rings. The van der Waals surface area contributed by atoms with E-state index in [0.717, 1.165) is 5.56 Å². The van der Waals surface area contributed by atoms with E-state index in [0.29, 0.717) is 5.76 Å². The van der Waals surface area contributed by atoms with Crippen LogP contribution in [-0.4, -0.2) is 13.6 Å². The maximum absolute atomic E-state index is 12.4. The molecule has 118 valence electrons. The minimum Gasteiger partial charge on any atom is -0.354 e. The molecule has 0 bridgehead atoms. The second kappa shape index (κ2) is 6.23. The van der Waals surface area contributed by atoms with Gasteiger partial charge in [0.1, 0.15) is 4.90 Å². The molecule has 0 saturated carbocycles. The molecule has 0 aliphatic heterocycles. The smallest absolute Gasteiger partial charge is 0.264 e. The summed E-state index contributed by atoms with van der Waals surface area (Å²) in [6, 6.07) is 14.9. The topological polar surface area (TPSA) is 72.2 Å². The molecule has 0 unspecified atom stereocenters. The Balaban J connectivity index is 1.90. The maximum Gasteiger partial charge on any atom is 0.264 e. The van der Waals surface area contributed by atoms with Gasteiger partial charge in [0.15, 0.2) is 11.6 Å². The van der Waals surface area contributed by atoms with Gasteiger partial charge in [0.25, 0.3) is 10.0 Å². The summed E-state index contributed by atoms with van der Waals surface area (Å²) in [4.78, 5) is -0.129. The Morgan fingerprint density at radius 3 is 2.48 bits per heavy atom. The molecule has 0 amide bonds. The zero-order chi connectivity index (χ0) is 16.4. The van der Waals surface area contributed by atoms with Crippen LogP contribution in [0.25, 0.3) is 11.3 Å². The van der Waals surface area contributed by atoms with E-state index in [9.17, 15) is 8.42 Å². The van der Waals surface area contributed by atoms with Gasteiger partial charge in [0.05, 0.1) is 5.02 Å². The Morgan fingerprint density at radius 2 is 1.74 bits per heavy atom. The van der Waals surface area contributed by atoms with Crippen molar-refractivity contribution in [3.8, 4) is 11.3 Å². The Kier molecular flexibility index (Phi) is 4.30. The molecule has 0 saturated heterocycles. The van der Waals surface area contributed by atoms with Crippen molar-refractivity contribution in [2.75, 3.05) is 4.72 Å². The van der Waals surface area contributed by atoms with Crippen LogP contribution in [0.15, 0.2) is 64.0 Å². The SMILES string of the molecule is O=S(=O)(Nc1cc(-c2ccccc2)on1)c1cc(Cl)ccc1Cl. The largest absolute Gasteiger partial charge is 0.354 e.